The molecule has 0 radical (unpaired) electrons. The van der Waals surface area contributed by atoms with Gasteiger partial charge < -0.3 is 20.5 Å². The minimum absolute atomic E-state index is 0.279. The second-order valence-corrected chi connectivity index (χ2v) is 4.29. The van der Waals surface area contributed by atoms with E-state index in [9.17, 15) is 13.2 Å². The lowest BCUT2D eigenvalue weighted by atomic mass is 10.1. The van der Waals surface area contributed by atoms with E-state index >= 15 is 0 Å². The number of ether oxygens (including phenoxy) is 1. The minimum Gasteiger partial charge on any atom is -0.497 e. The first kappa shape index (κ1) is 19.2. The average molecular weight is 308 g/mol. The van der Waals surface area contributed by atoms with Crippen LogP contribution < -0.4 is 10.5 Å². The zero-order valence-electron chi connectivity index (χ0n) is 12.0. The maximum absolute atomic E-state index is 10.6. The van der Waals surface area contributed by atoms with Crippen LogP contribution in [-0.2, 0) is 4.79 Å². The molecule has 120 valence electrons. The summed E-state index contributed by atoms with van der Waals surface area (Å²) in [5.74, 6) is -1.88. The summed E-state index contributed by atoms with van der Waals surface area (Å²) < 4.78 is 36.8. The van der Waals surface area contributed by atoms with Crippen molar-refractivity contribution in [2.75, 3.05) is 27.7 Å². The van der Waals surface area contributed by atoms with Gasteiger partial charge in [-0.1, -0.05) is 12.1 Å². The Labute approximate surface area is 121 Å². The number of rotatable bonds is 4. The van der Waals surface area contributed by atoms with Gasteiger partial charge in [0, 0.05) is 12.6 Å². The summed E-state index contributed by atoms with van der Waals surface area (Å²) in [6, 6.07) is 8.30. The number of benzene rings is 1. The first-order valence-electron chi connectivity index (χ1n) is 5.94. The van der Waals surface area contributed by atoms with Crippen LogP contribution in [-0.4, -0.2) is 49.9 Å². The number of nitrogens with zero attached hydrogens (tertiary/aromatic N) is 1. The highest BCUT2D eigenvalue weighted by molar-refractivity contribution is 5.73. The molecule has 0 aromatic heterocycles. The van der Waals surface area contributed by atoms with Crippen molar-refractivity contribution < 1.29 is 27.8 Å². The number of alkyl halides is 3. The normalized spacial score (nSPS) is 12.4. The second-order valence-electron chi connectivity index (χ2n) is 4.29. The fourth-order valence-corrected chi connectivity index (χ4v) is 1.47. The molecule has 8 heteroatoms. The molecule has 0 saturated heterocycles. The molecule has 0 aliphatic heterocycles. The molecule has 0 aliphatic rings. The predicted octanol–water partition coefficient (Wildman–Crippen LogP) is 1.89. The molecule has 1 rings (SSSR count). The van der Waals surface area contributed by atoms with E-state index in [-0.39, 0.29) is 6.04 Å². The highest BCUT2D eigenvalue weighted by atomic mass is 19.4. The van der Waals surface area contributed by atoms with Crippen molar-refractivity contribution in [1.29, 1.82) is 0 Å². The van der Waals surface area contributed by atoms with Gasteiger partial charge in [-0.25, -0.2) is 4.79 Å². The number of nitrogens with two attached hydrogens (primary N) is 1. The van der Waals surface area contributed by atoms with Crippen molar-refractivity contribution >= 4 is 5.97 Å². The van der Waals surface area contributed by atoms with Gasteiger partial charge in [0.05, 0.1) is 7.11 Å². The zero-order chi connectivity index (χ0) is 16.6. The number of hydrogen-bond donors (Lipinski definition) is 2. The molecule has 1 unspecified atom stereocenters. The standard InChI is InChI=1S/C11H18N2O.C2HF3O2/c1-13(2)11(8-12)9-4-6-10(14-3)7-5-9;3-2(4,5)1(6)7/h4-7,11H,8,12H2,1-3H3;(H,6,7). The van der Waals surface area contributed by atoms with Crippen LogP contribution in [0.3, 0.4) is 0 Å². The molecule has 0 spiro atoms. The van der Waals surface area contributed by atoms with Gasteiger partial charge >= 0.3 is 12.1 Å². The molecule has 0 heterocycles. The Bertz CT molecular complexity index is 433. The lowest BCUT2D eigenvalue weighted by Gasteiger charge is -2.23. The van der Waals surface area contributed by atoms with Crippen molar-refractivity contribution in [2.24, 2.45) is 5.73 Å². The first-order chi connectivity index (χ1) is 9.63. The average Bonchev–Trinajstić information content (AvgIpc) is 2.39. The van der Waals surface area contributed by atoms with Crippen LogP contribution >= 0.6 is 0 Å². The number of carboxylic acid groups (broad SMARTS) is 1. The van der Waals surface area contributed by atoms with E-state index in [2.05, 4.69) is 17.0 Å². The van der Waals surface area contributed by atoms with Gasteiger partial charge in [0.15, 0.2) is 0 Å². The van der Waals surface area contributed by atoms with Crippen molar-refractivity contribution in [2.45, 2.75) is 12.2 Å². The number of likely N-dealkylation sites (N-methyl/N-ethyl adjacent to an activating group) is 1. The van der Waals surface area contributed by atoms with E-state index < -0.39 is 12.1 Å². The van der Waals surface area contributed by atoms with Crippen molar-refractivity contribution in [3.05, 3.63) is 29.8 Å². The molecule has 3 N–H and O–H groups in total. The predicted molar refractivity (Wildman–Crippen MR) is 72.2 cm³/mol. The van der Waals surface area contributed by atoms with Crippen LogP contribution in [0.15, 0.2) is 24.3 Å². The Morgan fingerprint density at radius 3 is 2.00 bits per heavy atom. The maximum Gasteiger partial charge on any atom is 0.490 e. The molecule has 21 heavy (non-hydrogen) atoms. The number of carboxylic acids is 1. The van der Waals surface area contributed by atoms with Gasteiger partial charge in [-0.3, -0.25) is 0 Å². The number of carbonyl (C=O) groups is 1. The summed E-state index contributed by atoms with van der Waals surface area (Å²) in [4.78, 5) is 11.0. The second kappa shape index (κ2) is 8.48. The molecule has 1 aromatic carbocycles. The highest BCUT2D eigenvalue weighted by Crippen LogP contribution is 2.19. The van der Waals surface area contributed by atoms with Crippen LogP contribution in [0.25, 0.3) is 0 Å². The monoisotopic (exact) mass is 308 g/mol. The molecule has 0 fully saturated rings. The maximum atomic E-state index is 10.6. The van der Waals surface area contributed by atoms with Gasteiger partial charge in [-0.15, -0.1) is 0 Å². The van der Waals surface area contributed by atoms with E-state index in [0.29, 0.717) is 6.54 Å². The van der Waals surface area contributed by atoms with Crippen molar-refractivity contribution in [3.63, 3.8) is 0 Å². The zero-order valence-corrected chi connectivity index (χ0v) is 12.0. The Kier molecular flexibility index (Phi) is 7.75. The van der Waals surface area contributed by atoms with E-state index in [1.807, 2.05) is 26.2 Å². The summed E-state index contributed by atoms with van der Waals surface area (Å²) >= 11 is 0. The molecule has 1 aromatic rings. The smallest absolute Gasteiger partial charge is 0.490 e. The number of aliphatic carboxylic acids is 1. The van der Waals surface area contributed by atoms with Crippen LogP contribution in [0, 0.1) is 0 Å². The Morgan fingerprint density at radius 1 is 1.33 bits per heavy atom. The van der Waals surface area contributed by atoms with E-state index in [1.165, 1.54) is 5.56 Å². The fourth-order valence-electron chi connectivity index (χ4n) is 1.47. The largest absolute Gasteiger partial charge is 0.497 e. The number of halogens is 3. The first-order valence-corrected chi connectivity index (χ1v) is 5.94. The molecule has 5 nitrogen and oxygen atoms in total. The van der Waals surface area contributed by atoms with Crippen LogP contribution in [0.5, 0.6) is 5.75 Å². The summed E-state index contributed by atoms with van der Waals surface area (Å²) in [7, 11) is 5.73. The van der Waals surface area contributed by atoms with Crippen molar-refractivity contribution in [3.8, 4) is 5.75 Å². The van der Waals surface area contributed by atoms with Gasteiger partial charge in [0.2, 0.25) is 0 Å². The Morgan fingerprint density at radius 2 is 1.76 bits per heavy atom. The summed E-state index contributed by atoms with van der Waals surface area (Å²) in [5, 5.41) is 7.12. The molecular weight excluding hydrogens is 289 g/mol. The van der Waals surface area contributed by atoms with E-state index in [4.69, 9.17) is 20.4 Å². The van der Waals surface area contributed by atoms with E-state index in [1.54, 1.807) is 7.11 Å². The van der Waals surface area contributed by atoms with E-state index in [0.717, 1.165) is 5.75 Å². The molecule has 0 amide bonds. The molecule has 0 bridgehead atoms. The lowest BCUT2D eigenvalue weighted by molar-refractivity contribution is -0.192. The van der Waals surface area contributed by atoms with Crippen LogP contribution in [0.4, 0.5) is 13.2 Å². The summed E-state index contributed by atoms with van der Waals surface area (Å²) in [5.41, 5.74) is 6.92. The van der Waals surface area contributed by atoms with Gasteiger partial charge in [-0.05, 0) is 31.8 Å². The van der Waals surface area contributed by atoms with Crippen LogP contribution in [0.2, 0.25) is 0 Å². The quantitative estimate of drug-likeness (QED) is 0.888. The van der Waals surface area contributed by atoms with Gasteiger partial charge in [0.1, 0.15) is 5.75 Å². The topological polar surface area (TPSA) is 75.8 Å². The molecule has 0 saturated carbocycles. The summed E-state index contributed by atoms with van der Waals surface area (Å²) in [6.07, 6.45) is -5.08. The lowest BCUT2D eigenvalue weighted by Crippen LogP contribution is -2.27. The number of methoxy groups -OCH3 is 1. The third-order valence-electron chi connectivity index (χ3n) is 2.59. The van der Waals surface area contributed by atoms with Crippen LogP contribution in [0.1, 0.15) is 11.6 Å². The minimum atomic E-state index is -5.08. The third-order valence-corrected chi connectivity index (χ3v) is 2.59. The Hall–Kier alpha value is -1.80. The fraction of sp³-hybridized carbons (Fsp3) is 0.462. The van der Waals surface area contributed by atoms with Gasteiger partial charge in [-0.2, -0.15) is 13.2 Å². The molecule has 1 atom stereocenters. The Balaban J connectivity index is 0.000000486. The SMILES string of the molecule is COc1ccc(C(CN)N(C)C)cc1.O=C(O)C(F)(F)F. The molecule has 0 aliphatic carbocycles. The molecular formula is C13H19F3N2O3. The van der Waals surface area contributed by atoms with Crippen molar-refractivity contribution in [1.82, 2.24) is 4.90 Å². The van der Waals surface area contributed by atoms with Gasteiger partial charge in [0.25, 0.3) is 0 Å². The summed E-state index contributed by atoms with van der Waals surface area (Å²) in [6.45, 7) is 0.624. The third kappa shape index (κ3) is 6.96. The highest BCUT2D eigenvalue weighted by Gasteiger charge is 2.38. The number of hydrogen-bond acceptors (Lipinski definition) is 4.